The monoisotopic (exact) mass is 404 g/mol. The smallest absolute Gasteiger partial charge is 0.140 e. The molecule has 0 heterocycles. The summed E-state index contributed by atoms with van der Waals surface area (Å²) >= 11 is 0. The van der Waals surface area contributed by atoms with Crippen molar-refractivity contribution in [3.8, 4) is 0 Å². The van der Waals surface area contributed by atoms with Crippen LogP contribution in [0.4, 0.5) is 0 Å². The first kappa shape index (κ1) is 23.1. The van der Waals surface area contributed by atoms with E-state index < -0.39 is 11.8 Å². The topological polar surface area (TPSA) is 68.3 Å². The molecule has 0 aliphatic rings. The van der Waals surface area contributed by atoms with E-state index in [0.717, 1.165) is 22.3 Å². The molecule has 0 aromatic heterocycles. The van der Waals surface area contributed by atoms with Gasteiger partial charge < -0.3 is 0 Å². The quantitative estimate of drug-likeness (QED) is 0.431. The van der Waals surface area contributed by atoms with Crippen LogP contribution < -0.4 is 0 Å². The van der Waals surface area contributed by atoms with Crippen molar-refractivity contribution in [1.82, 2.24) is 0 Å². The molecule has 156 valence electrons. The third-order valence-corrected chi connectivity index (χ3v) is 5.27. The Morgan fingerprint density at radius 2 is 0.833 bits per heavy atom. The Kier molecular flexibility index (Phi) is 8.16. The summed E-state index contributed by atoms with van der Waals surface area (Å²) in [5.74, 6) is -1.56. The van der Waals surface area contributed by atoms with Crippen molar-refractivity contribution >= 4 is 35.3 Å². The molecule has 2 aromatic carbocycles. The van der Waals surface area contributed by atoms with Crippen LogP contribution in [-0.4, -0.2) is 23.1 Å². The van der Waals surface area contributed by atoms with Crippen molar-refractivity contribution in [2.24, 2.45) is 11.8 Å². The molecule has 0 radical (unpaired) electrons. The summed E-state index contributed by atoms with van der Waals surface area (Å²) in [6, 6.07) is 15.6. The molecule has 0 saturated heterocycles. The van der Waals surface area contributed by atoms with Gasteiger partial charge >= 0.3 is 0 Å². The van der Waals surface area contributed by atoms with Gasteiger partial charge in [-0.2, -0.15) is 0 Å². The van der Waals surface area contributed by atoms with Crippen molar-refractivity contribution < 1.29 is 19.2 Å². The Labute approximate surface area is 178 Å². The maximum Gasteiger partial charge on any atom is 0.140 e. The number of Topliss-reactive ketones (excluding diaryl/α,β-unsaturated/α-hetero) is 4. The van der Waals surface area contributed by atoms with Gasteiger partial charge in [0.15, 0.2) is 0 Å². The predicted octanol–water partition coefficient (Wildman–Crippen LogP) is 4.53. The third kappa shape index (κ3) is 6.73. The number of hydrogen-bond acceptors (Lipinski definition) is 4. The lowest BCUT2D eigenvalue weighted by Crippen LogP contribution is -2.21. The zero-order valence-electron chi connectivity index (χ0n) is 18.0. The Balaban J connectivity index is 2.02. The van der Waals surface area contributed by atoms with Crippen LogP contribution in [0.2, 0.25) is 0 Å². The molecular formula is C26H28O4. The van der Waals surface area contributed by atoms with Gasteiger partial charge in [-0.25, -0.2) is 0 Å². The van der Waals surface area contributed by atoms with Gasteiger partial charge in [-0.05, 0) is 62.8 Å². The zero-order valence-corrected chi connectivity index (χ0v) is 18.0. The number of rotatable bonds is 10. The second-order valence-corrected chi connectivity index (χ2v) is 7.77. The van der Waals surface area contributed by atoms with E-state index >= 15 is 0 Å². The molecule has 0 unspecified atom stereocenters. The van der Waals surface area contributed by atoms with Gasteiger partial charge in [-0.1, -0.05) is 60.7 Å². The lowest BCUT2D eigenvalue weighted by atomic mass is 9.92. The van der Waals surface area contributed by atoms with Crippen LogP contribution >= 0.6 is 0 Å². The zero-order chi connectivity index (χ0) is 22.3. The van der Waals surface area contributed by atoms with Crippen LogP contribution in [0.3, 0.4) is 0 Å². The summed E-state index contributed by atoms with van der Waals surface area (Å²) in [5.41, 5.74) is 3.94. The molecule has 4 nitrogen and oxygen atoms in total. The highest BCUT2D eigenvalue weighted by molar-refractivity contribution is 6.01. The second-order valence-electron chi connectivity index (χ2n) is 7.77. The second kappa shape index (κ2) is 10.6. The van der Waals surface area contributed by atoms with Gasteiger partial charge in [0.2, 0.25) is 0 Å². The molecular weight excluding hydrogens is 376 g/mol. The fourth-order valence-corrected chi connectivity index (χ4v) is 3.34. The summed E-state index contributed by atoms with van der Waals surface area (Å²) in [4.78, 5) is 46.4. The minimum atomic E-state index is -0.574. The van der Waals surface area contributed by atoms with E-state index in [2.05, 4.69) is 0 Å². The van der Waals surface area contributed by atoms with Crippen molar-refractivity contribution in [1.29, 1.82) is 0 Å². The molecule has 0 saturated carbocycles. The van der Waals surface area contributed by atoms with E-state index in [1.807, 2.05) is 60.7 Å². The third-order valence-electron chi connectivity index (χ3n) is 5.27. The molecule has 0 aliphatic carbocycles. The number of ketones is 4. The summed E-state index contributed by atoms with van der Waals surface area (Å²) in [6.07, 6.45) is 4.83. The van der Waals surface area contributed by atoms with Crippen LogP contribution in [0, 0.1) is 11.8 Å². The summed E-state index contributed by atoms with van der Waals surface area (Å²) in [5, 5.41) is 0. The first-order chi connectivity index (χ1) is 14.2. The van der Waals surface area contributed by atoms with Crippen LogP contribution in [0.25, 0.3) is 12.2 Å². The van der Waals surface area contributed by atoms with E-state index in [0.29, 0.717) is 12.8 Å². The Morgan fingerprint density at radius 3 is 1.07 bits per heavy atom. The van der Waals surface area contributed by atoms with Gasteiger partial charge in [0.1, 0.15) is 23.1 Å². The highest BCUT2D eigenvalue weighted by atomic mass is 16.2. The van der Waals surface area contributed by atoms with Gasteiger partial charge in [-0.3, -0.25) is 19.2 Å². The lowest BCUT2D eigenvalue weighted by Gasteiger charge is -2.10. The first-order valence-corrected chi connectivity index (χ1v) is 10.0. The molecule has 0 aliphatic heterocycles. The first-order valence-electron chi connectivity index (χ1n) is 10.0. The van der Waals surface area contributed by atoms with Crippen molar-refractivity contribution in [3.63, 3.8) is 0 Å². The van der Waals surface area contributed by atoms with Crippen LogP contribution in [0.15, 0.2) is 48.5 Å². The Morgan fingerprint density at radius 1 is 0.567 bits per heavy atom. The molecule has 2 aromatic rings. The SMILES string of the molecule is CC(=O)C(Cc1ccc(/C=C/c2ccc(CC(C(C)=O)C(C)=O)cc2)cc1)C(C)=O. The molecule has 0 N–H and O–H groups in total. The molecule has 0 atom stereocenters. The molecule has 0 fully saturated rings. The van der Waals surface area contributed by atoms with Crippen LogP contribution in [0.5, 0.6) is 0 Å². The van der Waals surface area contributed by atoms with Gasteiger partial charge in [0.05, 0.1) is 11.8 Å². The molecule has 2 rings (SSSR count). The summed E-state index contributed by atoms with van der Waals surface area (Å²) < 4.78 is 0. The highest BCUT2D eigenvalue weighted by Gasteiger charge is 2.20. The Hall–Kier alpha value is -3.14. The molecule has 4 heteroatoms. The molecule has 0 amide bonds. The maximum atomic E-state index is 11.6. The molecule has 0 spiro atoms. The molecule has 0 bridgehead atoms. The largest absolute Gasteiger partial charge is 0.299 e. The average Bonchev–Trinajstić information content (AvgIpc) is 2.69. The van der Waals surface area contributed by atoms with Gasteiger partial charge in [0, 0.05) is 0 Å². The van der Waals surface area contributed by atoms with E-state index in [-0.39, 0.29) is 23.1 Å². The fourth-order valence-electron chi connectivity index (χ4n) is 3.34. The summed E-state index contributed by atoms with van der Waals surface area (Å²) in [6.45, 7) is 5.81. The van der Waals surface area contributed by atoms with Crippen LogP contribution in [-0.2, 0) is 32.0 Å². The Bertz CT molecular complexity index is 842. The summed E-state index contributed by atoms with van der Waals surface area (Å²) in [7, 11) is 0. The van der Waals surface area contributed by atoms with E-state index in [1.165, 1.54) is 27.7 Å². The van der Waals surface area contributed by atoms with E-state index in [4.69, 9.17) is 0 Å². The van der Waals surface area contributed by atoms with E-state index in [9.17, 15) is 19.2 Å². The van der Waals surface area contributed by atoms with Crippen molar-refractivity contribution in [3.05, 3.63) is 70.8 Å². The minimum absolute atomic E-state index is 0.104. The van der Waals surface area contributed by atoms with Crippen molar-refractivity contribution in [2.45, 2.75) is 40.5 Å². The van der Waals surface area contributed by atoms with Crippen molar-refractivity contribution in [2.75, 3.05) is 0 Å². The number of carbonyl (C=O) groups is 4. The molecule has 30 heavy (non-hydrogen) atoms. The van der Waals surface area contributed by atoms with Gasteiger partial charge in [-0.15, -0.1) is 0 Å². The van der Waals surface area contributed by atoms with E-state index in [1.54, 1.807) is 0 Å². The number of benzene rings is 2. The lowest BCUT2D eigenvalue weighted by molar-refractivity contribution is -0.131. The standard InChI is InChI=1S/C26H28O4/c1-17(27)25(18(2)28)15-23-11-7-21(8-12-23)5-6-22-9-13-24(14-10-22)16-26(19(3)29)20(4)30/h5-14,25-26H,15-16H2,1-4H3/b6-5+. The van der Waals surface area contributed by atoms with Crippen LogP contribution in [0.1, 0.15) is 49.9 Å². The van der Waals surface area contributed by atoms with Gasteiger partial charge in [0.25, 0.3) is 0 Å². The fraction of sp³-hybridized carbons (Fsp3) is 0.308. The maximum absolute atomic E-state index is 11.6. The minimum Gasteiger partial charge on any atom is -0.299 e. The normalized spacial score (nSPS) is 11.3. The highest BCUT2D eigenvalue weighted by Crippen LogP contribution is 2.16. The number of hydrogen-bond donors (Lipinski definition) is 0. The predicted molar refractivity (Wildman–Crippen MR) is 119 cm³/mol. The number of carbonyl (C=O) groups excluding carboxylic acids is 4. The average molecular weight is 405 g/mol.